The van der Waals surface area contributed by atoms with Crippen molar-refractivity contribution in [3.05, 3.63) is 11.6 Å². The summed E-state index contributed by atoms with van der Waals surface area (Å²) in [6, 6.07) is 0. The van der Waals surface area contributed by atoms with Gasteiger partial charge in [-0.05, 0) is 43.9 Å². The van der Waals surface area contributed by atoms with E-state index in [0.29, 0.717) is 12.0 Å². The van der Waals surface area contributed by atoms with Crippen molar-refractivity contribution in [2.24, 2.45) is 11.3 Å². The normalized spacial score (nSPS) is 23.9. The minimum absolute atomic E-state index is 0.601. The predicted octanol–water partition coefficient (Wildman–Crippen LogP) is 1.80. The Morgan fingerprint density at radius 2 is 2.20 bits per heavy atom. The Labute approximate surface area is 90.6 Å². The van der Waals surface area contributed by atoms with Crippen molar-refractivity contribution in [3.63, 3.8) is 0 Å². The lowest BCUT2D eigenvalue weighted by Crippen LogP contribution is -2.26. The fraction of sp³-hybridized carbons (Fsp3) is 0.750. The molecule has 0 atom stereocenters. The standard InChI is InChI=1S/C12H19NO2/c1-9(6-11(14)15)7-13-8-12(4-5-12)10-2-3-10/h6,10,13H,2-5,7-8H2,1H3,(H,14,15). The Morgan fingerprint density at radius 3 is 2.67 bits per heavy atom. The van der Waals surface area contributed by atoms with Crippen LogP contribution in [0.5, 0.6) is 0 Å². The van der Waals surface area contributed by atoms with E-state index in [1.807, 2.05) is 6.92 Å². The molecule has 0 aromatic rings. The van der Waals surface area contributed by atoms with Crippen molar-refractivity contribution in [1.29, 1.82) is 0 Å². The van der Waals surface area contributed by atoms with Gasteiger partial charge in [0.05, 0.1) is 0 Å². The van der Waals surface area contributed by atoms with E-state index in [9.17, 15) is 4.79 Å². The van der Waals surface area contributed by atoms with Gasteiger partial charge in [-0.3, -0.25) is 0 Å². The van der Waals surface area contributed by atoms with Crippen LogP contribution in [-0.2, 0) is 4.79 Å². The second kappa shape index (κ2) is 3.97. The van der Waals surface area contributed by atoms with E-state index in [-0.39, 0.29) is 0 Å². The van der Waals surface area contributed by atoms with Crippen LogP contribution in [0.15, 0.2) is 11.6 Å². The van der Waals surface area contributed by atoms with Crippen LogP contribution in [-0.4, -0.2) is 24.2 Å². The third kappa shape index (κ3) is 2.81. The summed E-state index contributed by atoms with van der Waals surface area (Å²) in [4.78, 5) is 10.4. The van der Waals surface area contributed by atoms with Gasteiger partial charge in [-0.25, -0.2) is 4.79 Å². The Morgan fingerprint density at radius 1 is 1.53 bits per heavy atom. The molecule has 0 radical (unpaired) electrons. The maximum absolute atomic E-state index is 10.4. The lowest BCUT2D eigenvalue weighted by Gasteiger charge is -2.14. The van der Waals surface area contributed by atoms with Crippen LogP contribution in [0, 0.1) is 11.3 Å². The highest BCUT2D eigenvalue weighted by Crippen LogP contribution is 2.60. The summed E-state index contributed by atoms with van der Waals surface area (Å²) >= 11 is 0. The molecule has 0 bridgehead atoms. The quantitative estimate of drug-likeness (QED) is 0.656. The van der Waals surface area contributed by atoms with Crippen molar-refractivity contribution in [2.45, 2.75) is 32.6 Å². The molecule has 15 heavy (non-hydrogen) atoms. The smallest absolute Gasteiger partial charge is 0.328 e. The Balaban J connectivity index is 1.68. The molecular weight excluding hydrogens is 190 g/mol. The number of carbonyl (C=O) groups is 1. The zero-order valence-corrected chi connectivity index (χ0v) is 9.25. The molecule has 0 aliphatic heterocycles. The van der Waals surface area contributed by atoms with Gasteiger partial charge in [-0.2, -0.15) is 0 Å². The van der Waals surface area contributed by atoms with Crippen LogP contribution in [0.3, 0.4) is 0 Å². The largest absolute Gasteiger partial charge is 0.478 e. The molecule has 2 fully saturated rings. The molecule has 84 valence electrons. The van der Waals surface area contributed by atoms with Crippen molar-refractivity contribution in [3.8, 4) is 0 Å². The molecule has 0 amide bonds. The second-order valence-electron chi connectivity index (χ2n) is 5.07. The molecule has 0 aromatic carbocycles. The summed E-state index contributed by atoms with van der Waals surface area (Å²) in [6.07, 6.45) is 6.83. The molecule has 0 aromatic heterocycles. The third-order valence-corrected chi connectivity index (χ3v) is 3.59. The third-order valence-electron chi connectivity index (χ3n) is 3.59. The highest BCUT2D eigenvalue weighted by Gasteiger charge is 2.53. The van der Waals surface area contributed by atoms with Crippen molar-refractivity contribution >= 4 is 5.97 Å². The molecule has 0 unspecified atom stereocenters. The molecule has 0 saturated heterocycles. The average Bonchev–Trinajstić information content (AvgIpc) is 2.98. The van der Waals surface area contributed by atoms with Gasteiger partial charge in [0, 0.05) is 19.2 Å². The van der Waals surface area contributed by atoms with Crippen molar-refractivity contribution in [2.75, 3.05) is 13.1 Å². The minimum Gasteiger partial charge on any atom is -0.478 e. The van der Waals surface area contributed by atoms with Gasteiger partial charge in [0.1, 0.15) is 0 Å². The highest BCUT2D eigenvalue weighted by atomic mass is 16.4. The van der Waals surface area contributed by atoms with Crippen LogP contribution in [0.2, 0.25) is 0 Å². The molecule has 0 spiro atoms. The number of carboxylic acids is 1. The topological polar surface area (TPSA) is 49.3 Å². The van der Waals surface area contributed by atoms with Crippen LogP contribution < -0.4 is 5.32 Å². The lowest BCUT2D eigenvalue weighted by molar-refractivity contribution is -0.131. The van der Waals surface area contributed by atoms with E-state index in [4.69, 9.17) is 5.11 Å². The second-order valence-corrected chi connectivity index (χ2v) is 5.07. The Hall–Kier alpha value is -0.830. The molecule has 2 saturated carbocycles. The molecule has 2 N–H and O–H groups in total. The molecule has 2 aliphatic carbocycles. The van der Waals surface area contributed by atoms with Crippen LogP contribution in [0.1, 0.15) is 32.6 Å². The first kappa shape index (κ1) is 10.7. The van der Waals surface area contributed by atoms with Gasteiger partial charge >= 0.3 is 5.97 Å². The van der Waals surface area contributed by atoms with Gasteiger partial charge in [0.15, 0.2) is 0 Å². The lowest BCUT2D eigenvalue weighted by atomic mass is 10.0. The maximum atomic E-state index is 10.4. The molecule has 3 heteroatoms. The van der Waals surface area contributed by atoms with E-state index in [2.05, 4.69) is 5.32 Å². The molecule has 2 rings (SSSR count). The van der Waals surface area contributed by atoms with Gasteiger partial charge in [-0.1, -0.05) is 5.57 Å². The fourth-order valence-corrected chi connectivity index (χ4v) is 2.36. The monoisotopic (exact) mass is 209 g/mol. The van der Waals surface area contributed by atoms with E-state index in [0.717, 1.165) is 18.0 Å². The van der Waals surface area contributed by atoms with Crippen molar-refractivity contribution in [1.82, 2.24) is 5.32 Å². The predicted molar refractivity (Wildman–Crippen MR) is 58.7 cm³/mol. The van der Waals surface area contributed by atoms with E-state index in [1.165, 1.54) is 31.8 Å². The number of hydrogen-bond acceptors (Lipinski definition) is 2. The van der Waals surface area contributed by atoms with Crippen LogP contribution >= 0.6 is 0 Å². The molecule has 2 aliphatic rings. The van der Waals surface area contributed by atoms with Gasteiger partial charge < -0.3 is 10.4 Å². The average molecular weight is 209 g/mol. The Kier molecular flexibility index (Phi) is 2.83. The number of hydrogen-bond donors (Lipinski definition) is 2. The zero-order valence-electron chi connectivity index (χ0n) is 9.25. The summed E-state index contributed by atoms with van der Waals surface area (Å²) in [7, 11) is 0. The summed E-state index contributed by atoms with van der Waals surface area (Å²) in [6.45, 7) is 3.64. The van der Waals surface area contributed by atoms with Crippen LogP contribution in [0.25, 0.3) is 0 Å². The van der Waals surface area contributed by atoms with E-state index in [1.54, 1.807) is 0 Å². The molecule has 3 nitrogen and oxygen atoms in total. The van der Waals surface area contributed by atoms with Gasteiger partial charge in [-0.15, -0.1) is 0 Å². The zero-order chi connectivity index (χ0) is 10.9. The summed E-state index contributed by atoms with van der Waals surface area (Å²) < 4.78 is 0. The van der Waals surface area contributed by atoms with E-state index < -0.39 is 5.97 Å². The summed E-state index contributed by atoms with van der Waals surface area (Å²) in [5.74, 6) is 0.117. The number of aliphatic carboxylic acids is 1. The first-order chi connectivity index (χ1) is 7.12. The van der Waals surface area contributed by atoms with Crippen LogP contribution in [0.4, 0.5) is 0 Å². The number of carboxylic acid groups (broad SMARTS) is 1. The Bertz CT molecular complexity index is 288. The maximum Gasteiger partial charge on any atom is 0.328 e. The fourth-order valence-electron chi connectivity index (χ4n) is 2.36. The first-order valence-electron chi connectivity index (χ1n) is 5.73. The summed E-state index contributed by atoms with van der Waals surface area (Å²) in [5.41, 5.74) is 1.50. The first-order valence-corrected chi connectivity index (χ1v) is 5.73. The molecular formula is C12H19NO2. The highest BCUT2D eigenvalue weighted by molar-refractivity contribution is 5.80. The number of rotatable bonds is 6. The molecule has 0 heterocycles. The van der Waals surface area contributed by atoms with Gasteiger partial charge in [0.25, 0.3) is 0 Å². The van der Waals surface area contributed by atoms with E-state index >= 15 is 0 Å². The van der Waals surface area contributed by atoms with Crippen molar-refractivity contribution < 1.29 is 9.90 Å². The minimum atomic E-state index is -0.849. The summed E-state index contributed by atoms with van der Waals surface area (Å²) in [5, 5.41) is 11.9. The van der Waals surface area contributed by atoms with Gasteiger partial charge in [0.2, 0.25) is 0 Å². The number of nitrogens with one attached hydrogen (secondary N) is 1. The SMILES string of the molecule is CC(=CC(=O)O)CNCC1(C2CC2)CC1.